The Bertz CT molecular complexity index is 834. The summed E-state index contributed by atoms with van der Waals surface area (Å²) in [5, 5.41) is 8.30. The average Bonchev–Trinajstić information content (AvgIpc) is 2.63. The lowest BCUT2D eigenvalue weighted by molar-refractivity contribution is -0.118. The third kappa shape index (κ3) is 4.06. The normalized spacial score (nSPS) is 14.1. The highest BCUT2D eigenvalue weighted by atomic mass is 79.9. The van der Waals surface area contributed by atoms with Gasteiger partial charge in [0.05, 0.1) is 12.8 Å². The van der Waals surface area contributed by atoms with Crippen molar-refractivity contribution in [2.45, 2.75) is 12.8 Å². The van der Waals surface area contributed by atoms with Gasteiger partial charge in [-0.2, -0.15) is 5.10 Å². The molecule has 0 fully saturated rings. The summed E-state index contributed by atoms with van der Waals surface area (Å²) >= 11 is 3.35. The molecule has 0 bridgehead atoms. The summed E-state index contributed by atoms with van der Waals surface area (Å²) in [5.74, 6) is 0.179. The third-order valence-electron chi connectivity index (χ3n) is 3.69. The Morgan fingerprint density at radius 1 is 1.20 bits per heavy atom. The molecule has 0 atom stereocenters. The van der Waals surface area contributed by atoms with Gasteiger partial charge in [-0.15, -0.1) is 0 Å². The third-order valence-corrected chi connectivity index (χ3v) is 4.22. The van der Waals surface area contributed by atoms with Gasteiger partial charge in [0.15, 0.2) is 0 Å². The molecule has 6 nitrogen and oxygen atoms in total. The Morgan fingerprint density at radius 2 is 1.96 bits per heavy atom. The van der Waals surface area contributed by atoms with Gasteiger partial charge in [-0.3, -0.25) is 9.59 Å². The van der Waals surface area contributed by atoms with Crippen LogP contribution in [0.3, 0.4) is 0 Å². The number of methoxy groups -OCH3 is 1. The molecule has 0 saturated carbocycles. The highest BCUT2D eigenvalue weighted by molar-refractivity contribution is 9.10. The first kappa shape index (κ1) is 17.2. The zero-order chi connectivity index (χ0) is 17.8. The second kappa shape index (κ2) is 7.48. The van der Waals surface area contributed by atoms with Crippen LogP contribution in [-0.4, -0.2) is 24.6 Å². The minimum Gasteiger partial charge on any atom is -0.497 e. The molecule has 0 saturated heterocycles. The number of hydrogen-bond acceptors (Lipinski definition) is 4. The molecule has 2 amide bonds. The van der Waals surface area contributed by atoms with Gasteiger partial charge < -0.3 is 10.1 Å². The van der Waals surface area contributed by atoms with E-state index >= 15 is 0 Å². The maximum Gasteiger partial charge on any atom is 0.271 e. The van der Waals surface area contributed by atoms with E-state index in [0.717, 1.165) is 4.47 Å². The molecule has 3 rings (SSSR count). The summed E-state index contributed by atoms with van der Waals surface area (Å²) in [7, 11) is 1.56. The van der Waals surface area contributed by atoms with Crippen molar-refractivity contribution >= 4 is 44.8 Å². The molecule has 7 heteroatoms. The summed E-state index contributed by atoms with van der Waals surface area (Å²) in [5.41, 5.74) is 1.55. The zero-order valence-corrected chi connectivity index (χ0v) is 15.1. The molecule has 1 N–H and O–H groups in total. The second-order valence-corrected chi connectivity index (χ2v) is 6.33. The Kier molecular flexibility index (Phi) is 5.14. The highest BCUT2D eigenvalue weighted by Gasteiger charge is 2.25. The molecular weight excluding hydrogens is 386 g/mol. The van der Waals surface area contributed by atoms with Gasteiger partial charge in [0.2, 0.25) is 5.91 Å². The molecule has 2 aromatic carbocycles. The fourth-order valence-electron chi connectivity index (χ4n) is 2.40. The van der Waals surface area contributed by atoms with Crippen molar-refractivity contribution in [3.63, 3.8) is 0 Å². The largest absolute Gasteiger partial charge is 0.497 e. The highest BCUT2D eigenvalue weighted by Crippen LogP contribution is 2.23. The van der Waals surface area contributed by atoms with Crippen molar-refractivity contribution in [1.82, 2.24) is 0 Å². The topological polar surface area (TPSA) is 71.0 Å². The number of ether oxygens (including phenoxy) is 1. The van der Waals surface area contributed by atoms with Gasteiger partial charge >= 0.3 is 0 Å². The van der Waals surface area contributed by atoms with E-state index in [-0.39, 0.29) is 18.2 Å². The Balaban J connectivity index is 1.80. The van der Waals surface area contributed by atoms with E-state index in [4.69, 9.17) is 4.74 Å². The number of benzene rings is 2. The summed E-state index contributed by atoms with van der Waals surface area (Å²) in [6, 6.07) is 14.3. The average molecular weight is 402 g/mol. The molecule has 0 aliphatic carbocycles. The van der Waals surface area contributed by atoms with E-state index in [2.05, 4.69) is 26.3 Å². The van der Waals surface area contributed by atoms with Crippen molar-refractivity contribution in [3.05, 3.63) is 53.0 Å². The molecule has 25 heavy (non-hydrogen) atoms. The molecule has 0 radical (unpaired) electrons. The van der Waals surface area contributed by atoms with Crippen LogP contribution >= 0.6 is 15.9 Å². The number of anilines is 2. The zero-order valence-electron chi connectivity index (χ0n) is 13.5. The number of hydrazone groups is 1. The fourth-order valence-corrected chi connectivity index (χ4v) is 2.67. The number of amides is 2. The number of hydrogen-bond donors (Lipinski definition) is 1. The second-order valence-electron chi connectivity index (χ2n) is 5.41. The lowest BCUT2D eigenvalue weighted by Crippen LogP contribution is -2.36. The monoisotopic (exact) mass is 401 g/mol. The van der Waals surface area contributed by atoms with Gasteiger partial charge in [0, 0.05) is 29.1 Å². The van der Waals surface area contributed by atoms with Crippen LogP contribution in [0.5, 0.6) is 5.75 Å². The van der Waals surface area contributed by atoms with Crippen LogP contribution in [0.1, 0.15) is 12.8 Å². The van der Waals surface area contributed by atoms with E-state index in [1.54, 1.807) is 43.5 Å². The number of halogens is 1. The number of nitrogens with zero attached hydrogens (tertiary/aromatic N) is 2. The fraction of sp³-hybridized carbons (Fsp3) is 0.167. The standard InChI is InChI=1S/C18H16BrN3O3/c1-25-15-4-2-3-13(11-15)20-18(24)16-9-10-17(23)22(21-16)14-7-5-12(19)6-8-14/h2-8,11H,9-10H2,1H3,(H,20,24). The summed E-state index contributed by atoms with van der Waals surface area (Å²) in [4.78, 5) is 24.6. The Morgan fingerprint density at radius 3 is 2.68 bits per heavy atom. The maximum absolute atomic E-state index is 12.5. The van der Waals surface area contributed by atoms with Crippen molar-refractivity contribution in [1.29, 1.82) is 0 Å². The predicted molar refractivity (Wildman–Crippen MR) is 99.9 cm³/mol. The maximum atomic E-state index is 12.5. The predicted octanol–water partition coefficient (Wildman–Crippen LogP) is 3.58. The molecule has 1 heterocycles. The van der Waals surface area contributed by atoms with E-state index in [1.165, 1.54) is 5.01 Å². The van der Waals surface area contributed by atoms with Gasteiger partial charge in [-0.1, -0.05) is 22.0 Å². The molecule has 128 valence electrons. The van der Waals surface area contributed by atoms with E-state index in [9.17, 15) is 9.59 Å². The van der Waals surface area contributed by atoms with Crippen LogP contribution in [0.25, 0.3) is 0 Å². The van der Waals surface area contributed by atoms with Gasteiger partial charge in [0.25, 0.3) is 5.91 Å². The number of nitrogens with one attached hydrogen (secondary N) is 1. The van der Waals surface area contributed by atoms with E-state index in [1.807, 2.05) is 12.1 Å². The van der Waals surface area contributed by atoms with Crippen LogP contribution in [0.2, 0.25) is 0 Å². The Hall–Kier alpha value is -2.67. The van der Waals surface area contributed by atoms with Crippen LogP contribution in [0.15, 0.2) is 58.1 Å². The Labute approximate surface area is 153 Å². The summed E-state index contributed by atoms with van der Waals surface area (Å²) in [6.45, 7) is 0. The van der Waals surface area contributed by atoms with E-state index in [0.29, 0.717) is 29.3 Å². The minimum absolute atomic E-state index is 0.139. The summed E-state index contributed by atoms with van der Waals surface area (Å²) in [6.07, 6.45) is 0.544. The first-order valence-corrected chi connectivity index (χ1v) is 8.47. The number of rotatable bonds is 4. The van der Waals surface area contributed by atoms with Crippen LogP contribution in [-0.2, 0) is 9.59 Å². The number of carbonyl (C=O) groups is 2. The molecule has 1 aliphatic rings. The van der Waals surface area contributed by atoms with Crippen LogP contribution in [0, 0.1) is 0 Å². The minimum atomic E-state index is -0.331. The lowest BCUT2D eigenvalue weighted by atomic mass is 10.1. The van der Waals surface area contributed by atoms with Crippen molar-refractivity contribution < 1.29 is 14.3 Å². The van der Waals surface area contributed by atoms with Gasteiger partial charge in [0.1, 0.15) is 11.5 Å². The van der Waals surface area contributed by atoms with Crippen LogP contribution < -0.4 is 15.1 Å². The molecule has 0 spiro atoms. The lowest BCUT2D eigenvalue weighted by Gasteiger charge is -2.23. The van der Waals surface area contributed by atoms with Crippen molar-refractivity contribution in [3.8, 4) is 5.75 Å². The SMILES string of the molecule is COc1cccc(NC(=O)C2=NN(c3ccc(Br)cc3)C(=O)CC2)c1. The molecule has 0 unspecified atom stereocenters. The summed E-state index contributed by atoms with van der Waals surface area (Å²) < 4.78 is 6.05. The number of carbonyl (C=O) groups excluding carboxylic acids is 2. The smallest absolute Gasteiger partial charge is 0.271 e. The van der Waals surface area contributed by atoms with Crippen molar-refractivity contribution in [2.24, 2.45) is 5.10 Å². The van der Waals surface area contributed by atoms with Crippen LogP contribution in [0.4, 0.5) is 11.4 Å². The molecule has 0 aromatic heterocycles. The van der Waals surface area contributed by atoms with E-state index < -0.39 is 0 Å². The first-order valence-electron chi connectivity index (χ1n) is 7.68. The van der Waals surface area contributed by atoms with Gasteiger partial charge in [-0.25, -0.2) is 5.01 Å². The first-order chi connectivity index (χ1) is 12.1. The molecule has 2 aromatic rings. The molecular formula is C18H16BrN3O3. The molecule has 1 aliphatic heterocycles. The van der Waals surface area contributed by atoms with Gasteiger partial charge in [-0.05, 0) is 36.4 Å². The quantitative estimate of drug-likeness (QED) is 0.850. The van der Waals surface area contributed by atoms with Crippen molar-refractivity contribution in [2.75, 3.05) is 17.4 Å².